The molecule has 0 radical (unpaired) electrons. The minimum atomic E-state index is 0.360. The van der Waals surface area contributed by atoms with Gasteiger partial charge >= 0.3 is 0 Å². The summed E-state index contributed by atoms with van der Waals surface area (Å²) in [6, 6.07) is 3.91. The van der Waals surface area contributed by atoms with Gasteiger partial charge in [0.05, 0.1) is 5.69 Å². The van der Waals surface area contributed by atoms with Crippen molar-refractivity contribution in [2.24, 2.45) is 0 Å². The largest absolute Gasteiger partial charge is 0.488 e. The Hall–Kier alpha value is -1.09. The Bertz CT molecular complexity index is 295. The molecule has 0 aliphatic carbocycles. The molecular weight excluding hydrogens is 176 g/mol. The molecule has 3 heteroatoms. The van der Waals surface area contributed by atoms with Gasteiger partial charge in [0.25, 0.3) is 0 Å². The van der Waals surface area contributed by atoms with E-state index >= 15 is 0 Å². The Morgan fingerprint density at radius 3 is 2.93 bits per heavy atom. The molecule has 1 fully saturated rings. The van der Waals surface area contributed by atoms with Gasteiger partial charge in [-0.05, 0) is 45.0 Å². The van der Waals surface area contributed by atoms with E-state index in [1.54, 1.807) is 6.20 Å². The molecule has 14 heavy (non-hydrogen) atoms. The SMILES string of the molecule is Cc1ncccc1OC1CCNCC1. The van der Waals surface area contributed by atoms with E-state index in [0.29, 0.717) is 6.10 Å². The number of hydrogen-bond acceptors (Lipinski definition) is 3. The third kappa shape index (κ3) is 2.23. The van der Waals surface area contributed by atoms with Crippen molar-refractivity contribution in [2.75, 3.05) is 13.1 Å². The predicted molar refractivity (Wildman–Crippen MR) is 55.5 cm³/mol. The number of aromatic nitrogens is 1. The minimum absolute atomic E-state index is 0.360. The molecule has 2 rings (SSSR count). The second kappa shape index (κ2) is 4.42. The molecular formula is C11H16N2O. The van der Waals surface area contributed by atoms with Crippen LogP contribution in [-0.4, -0.2) is 24.2 Å². The molecule has 0 atom stereocenters. The number of nitrogens with one attached hydrogen (secondary N) is 1. The Kier molecular flexibility index (Phi) is 2.99. The third-order valence-electron chi connectivity index (χ3n) is 2.54. The number of ether oxygens (including phenoxy) is 1. The molecule has 0 saturated carbocycles. The van der Waals surface area contributed by atoms with Crippen molar-refractivity contribution in [3.63, 3.8) is 0 Å². The summed E-state index contributed by atoms with van der Waals surface area (Å²) in [7, 11) is 0. The van der Waals surface area contributed by atoms with E-state index in [4.69, 9.17) is 4.74 Å². The van der Waals surface area contributed by atoms with Gasteiger partial charge in [0.2, 0.25) is 0 Å². The van der Waals surface area contributed by atoms with Crippen molar-refractivity contribution < 1.29 is 4.74 Å². The number of rotatable bonds is 2. The molecule has 1 aliphatic rings. The lowest BCUT2D eigenvalue weighted by molar-refractivity contribution is 0.161. The molecule has 0 amide bonds. The van der Waals surface area contributed by atoms with Crippen LogP contribution >= 0.6 is 0 Å². The highest BCUT2D eigenvalue weighted by atomic mass is 16.5. The second-order valence-electron chi connectivity index (χ2n) is 3.65. The van der Waals surface area contributed by atoms with E-state index in [-0.39, 0.29) is 0 Å². The van der Waals surface area contributed by atoms with Crippen molar-refractivity contribution in [2.45, 2.75) is 25.9 Å². The van der Waals surface area contributed by atoms with E-state index in [1.807, 2.05) is 19.1 Å². The van der Waals surface area contributed by atoms with Gasteiger partial charge in [-0.1, -0.05) is 0 Å². The fraction of sp³-hybridized carbons (Fsp3) is 0.545. The maximum Gasteiger partial charge on any atom is 0.140 e. The maximum atomic E-state index is 5.88. The number of hydrogen-bond donors (Lipinski definition) is 1. The molecule has 2 heterocycles. The Labute approximate surface area is 84.5 Å². The Morgan fingerprint density at radius 2 is 2.21 bits per heavy atom. The molecule has 1 aromatic heterocycles. The van der Waals surface area contributed by atoms with E-state index in [2.05, 4.69) is 10.3 Å². The van der Waals surface area contributed by atoms with Crippen molar-refractivity contribution in [1.29, 1.82) is 0 Å². The summed E-state index contributed by atoms with van der Waals surface area (Å²) >= 11 is 0. The zero-order valence-corrected chi connectivity index (χ0v) is 8.49. The highest BCUT2D eigenvalue weighted by Crippen LogP contribution is 2.18. The van der Waals surface area contributed by atoms with Crippen LogP contribution in [0.25, 0.3) is 0 Å². The summed E-state index contributed by atoms with van der Waals surface area (Å²) < 4.78 is 5.88. The van der Waals surface area contributed by atoms with Crippen LogP contribution in [-0.2, 0) is 0 Å². The van der Waals surface area contributed by atoms with Gasteiger partial charge in [-0.2, -0.15) is 0 Å². The number of aryl methyl sites for hydroxylation is 1. The average Bonchev–Trinajstić information content (AvgIpc) is 2.23. The highest BCUT2D eigenvalue weighted by molar-refractivity contribution is 5.25. The van der Waals surface area contributed by atoms with Crippen LogP contribution in [0, 0.1) is 6.92 Å². The van der Waals surface area contributed by atoms with Crippen molar-refractivity contribution in [3.05, 3.63) is 24.0 Å². The van der Waals surface area contributed by atoms with Crippen LogP contribution < -0.4 is 10.1 Å². The summed E-state index contributed by atoms with van der Waals surface area (Å²) in [6.07, 6.45) is 4.34. The number of piperidine rings is 1. The molecule has 1 N–H and O–H groups in total. The number of nitrogens with zero attached hydrogens (tertiary/aromatic N) is 1. The van der Waals surface area contributed by atoms with Crippen LogP contribution in [0.3, 0.4) is 0 Å². The zero-order valence-electron chi connectivity index (χ0n) is 8.49. The summed E-state index contributed by atoms with van der Waals surface area (Å²) in [5.41, 5.74) is 0.978. The first-order valence-electron chi connectivity index (χ1n) is 5.15. The summed E-state index contributed by atoms with van der Waals surface area (Å²) in [4.78, 5) is 4.20. The first-order chi connectivity index (χ1) is 6.86. The minimum Gasteiger partial charge on any atom is -0.488 e. The third-order valence-corrected chi connectivity index (χ3v) is 2.54. The van der Waals surface area contributed by atoms with Crippen molar-refractivity contribution in [1.82, 2.24) is 10.3 Å². The predicted octanol–water partition coefficient (Wildman–Crippen LogP) is 1.52. The molecule has 1 aromatic rings. The highest BCUT2D eigenvalue weighted by Gasteiger charge is 2.15. The van der Waals surface area contributed by atoms with Gasteiger partial charge in [-0.3, -0.25) is 4.98 Å². The normalized spacial score (nSPS) is 18.1. The second-order valence-corrected chi connectivity index (χ2v) is 3.65. The fourth-order valence-corrected chi connectivity index (χ4v) is 1.69. The van der Waals surface area contributed by atoms with Gasteiger partial charge in [0, 0.05) is 6.20 Å². The molecule has 1 aliphatic heterocycles. The van der Waals surface area contributed by atoms with Crippen molar-refractivity contribution >= 4 is 0 Å². The molecule has 1 saturated heterocycles. The van der Waals surface area contributed by atoms with Crippen molar-refractivity contribution in [3.8, 4) is 5.75 Å². The summed E-state index contributed by atoms with van der Waals surface area (Å²) in [6.45, 7) is 4.10. The molecule has 0 spiro atoms. The molecule has 0 unspecified atom stereocenters. The molecule has 0 bridgehead atoms. The monoisotopic (exact) mass is 192 g/mol. The van der Waals surface area contributed by atoms with Crippen LogP contribution in [0.4, 0.5) is 0 Å². The number of pyridine rings is 1. The van der Waals surface area contributed by atoms with Crippen LogP contribution in [0.5, 0.6) is 5.75 Å². The Balaban J connectivity index is 1.99. The lowest BCUT2D eigenvalue weighted by Gasteiger charge is -2.24. The standard InChI is InChI=1S/C11H16N2O/c1-9-11(3-2-6-13-9)14-10-4-7-12-8-5-10/h2-3,6,10,12H,4-5,7-8H2,1H3. The van der Waals surface area contributed by atoms with Crippen LogP contribution in [0.2, 0.25) is 0 Å². The average molecular weight is 192 g/mol. The van der Waals surface area contributed by atoms with Gasteiger partial charge in [-0.15, -0.1) is 0 Å². The lowest BCUT2D eigenvalue weighted by atomic mass is 10.1. The summed E-state index contributed by atoms with van der Waals surface area (Å²) in [5.74, 6) is 0.930. The van der Waals surface area contributed by atoms with Gasteiger partial charge in [0.1, 0.15) is 11.9 Å². The zero-order chi connectivity index (χ0) is 9.80. The quantitative estimate of drug-likeness (QED) is 0.771. The van der Waals surface area contributed by atoms with Gasteiger partial charge in [0.15, 0.2) is 0 Å². The molecule has 0 aromatic carbocycles. The Morgan fingerprint density at radius 1 is 1.43 bits per heavy atom. The maximum absolute atomic E-state index is 5.88. The smallest absolute Gasteiger partial charge is 0.140 e. The van der Waals surface area contributed by atoms with E-state index in [0.717, 1.165) is 37.4 Å². The van der Waals surface area contributed by atoms with E-state index in [9.17, 15) is 0 Å². The topological polar surface area (TPSA) is 34.1 Å². The van der Waals surface area contributed by atoms with E-state index in [1.165, 1.54) is 0 Å². The molecule has 3 nitrogen and oxygen atoms in total. The summed E-state index contributed by atoms with van der Waals surface area (Å²) in [5, 5.41) is 3.32. The van der Waals surface area contributed by atoms with Crippen LogP contribution in [0.1, 0.15) is 18.5 Å². The van der Waals surface area contributed by atoms with E-state index < -0.39 is 0 Å². The van der Waals surface area contributed by atoms with Crippen LogP contribution in [0.15, 0.2) is 18.3 Å². The van der Waals surface area contributed by atoms with Gasteiger partial charge in [-0.25, -0.2) is 0 Å². The molecule has 76 valence electrons. The first kappa shape index (κ1) is 9.46. The fourth-order valence-electron chi connectivity index (χ4n) is 1.69. The lowest BCUT2D eigenvalue weighted by Crippen LogP contribution is -2.34. The van der Waals surface area contributed by atoms with Gasteiger partial charge < -0.3 is 10.1 Å². The first-order valence-corrected chi connectivity index (χ1v) is 5.15.